The number of nitrogens with one attached hydrogen (secondary N) is 2. The number of nitrogen functional groups attached to an aromatic ring is 1. The molecule has 2 rings (SSSR count). The minimum absolute atomic E-state index is 0.266. The maximum atomic E-state index is 12.4. The van der Waals surface area contributed by atoms with Crippen molar-refractivity contribution in [2.45, 2.75) is 31.6 Å². The van der Waals surface area contributed by atoms with Crippen molar-refractivity contribution in [3.05, 3.63) is 35.4 Å². The van der Waals surface area contributed by atoms with E-state index >= 15 is 0 Å². The largest absolute Gasteiger partial charge is 0.398 e. The molecular weight excluding hydrogens is 290 g/mol. The van der Waals surface area contributed by atoms with Crippen LogP contribution in [0.3, 0.4) is 0 Å². The number of H-pyrrole nitrogens is 1. The molecule has 0 saturated carbocycles. The highest BCUT2D eigenvalue weighted by Crippen LogP contribution is 2.24. The van der Waals surface area contributed by atoms with Gasteiger partial charge >= 0.3 is 0 Å². The van der Waals surface area contributed by atoms with Gasteiger partial charge in [0.05, 0.1) is 4.90 Å². The van der Waals surface area contributed by atoms with Crippen LogP contribution in [0.1, 0.15) is 23.4 Å². The van der Waals surface area contributed by atoms with E-state index in [-0.39, 0.29) is 4.90 Å². The zero-order chi connectivity index (χ0) is 15.5. The lowest BCUT2D eigenvalue weighted by Gasteiger charge is -2.13. The van der Waals surface area contributed by atoms with Gasteiger partial charge in [-0.15, -0.1) is 0 Å². The van der Waals surface area contributed by atoms with Gasteiger partial charge in [-0.05, 0) is 37.5 Å². The van der Waals surface area contributed by atoms with Crippen molar-refractivity contribution in [2.24, 2.45) is 0 Å². The molecule has 1 aromatic heterocycles. The van der Waals surface area contributed by atoms with Crippen LogP contribution in [-0.4, -0.2) is 30.1 Å². The fourth-order valence-electron chi connectivity index (χ4n) is 2.14. The highest BCUT2D eigenvalue weighted by atomic mass is 32.2. The lowest BCUT2D eigenvalue weighted by atomic mass is 10.1. The maximum Gasteiger partial charge on any atom is 0.241 e. The molecule has 0 atom stereocenters. The second-order valence-electron chi connectivity index (χ2n) is 4.86. The van der Waals surface area contributed by atoms with E-state index < -0.39 is 10.0 Å². The summed E-state index contributed by atoms with van der Waals surface area (Å²) in [7, 11) is -3.56. The third kappa shape index (κ3) is 3.59. The molecule has 0 saturated heterocycles. The van der Waals surface area contributed by atoms with Gasteiger partial charge in [0, 0.05) is 18.7 Å². The van der Waals surface area contributed by atoms with Gasteiger partial charge in [-0.1, -0.05) is 6.07 Å². The summed E-state index contributed by atoms with van der Waals surface area (Å²) in [4.78, 5) is 4.25. The predicted molar refractivity (Wildman–Crippen MR) is 80.2 cm³/mol. The molecule has 0 amide bonds. The molecule has 114 valence electrons. The zero-order valence-corrected chi connectivity index (χ0v) is 12.9. The van der Waals surface area contributed by atoms with Crippen LogP contribution in [0.2, 0.25) is 0 Å². The Hall–Kier alpha value is -1.93. The molecule has 4 N–H and O–H groups in total. The van der Waals surface area contributed by atoms with Crippen molar-refractivity contribution in [1.29, 1.82) is 0 Å². The quantitative estimate of drug-likeness (QED) is 0.542. The molecule has 0 spiro atoms. The number of nitrogens with zero attached hydrogens (tertiary/aromatic N) is 2. The zero-order valence-electron chi connectivity index (χ0n) is 12.0. The molecule has 21 heavy (non-hydrogen) atoms. The van der Waals surface area contributed by atoms with Crippen LogP contribution in [0, 0.1) is 13.8 Å². The fraction of sp³-hybridized carbons (Fsp3) is 0.385. The number of anilines is 1. The Bertz CT molecular complexity index is 710. The number of aromatic amines is 1. The van der Waals surface area contributed by atoms with E-state index in [0.717, 1.165) is 5.82 Å². The Morgan fingerprint density at radius 3 is 2.76 bits per heavy atom. The Morgan fingerprint density at radius 1 is 1.33 bits per heavy atom. The summed E-state index contributed by atoms with van der Waals surface area (Å²) in [5, 5.41) is 6.48. The topological polar surface area (TPSA) is 114 Å². The summed E-state index contributed by atoms with van der Waals surface area (Å²) >= 11 is 0. The number of benzene rings is 1. The second kappa shape index (κ2) is 6.23. The summed E-state index contributed by atoms with van der Waals surface area (Å²) < 4.78 is 27.4. The van der Waals surface area contributed by atoms with Gasteiger partial charge in [-0.2, -0.15) is 5.10 Å². The number of rotatable bonds is 6. The van der Waals surface area contributed by atoms with Crippen LogP contribution in [-0.2, 0) is 16.4 Å². The molecule has 0 radical (unpaired) electrons. The Kier molecular flexibility index (Phi) is 4.59. The average Bonchev–Trinajstić information content (AvgIpc) is 2.92. The van der Waals surface area contributed by atoms with E-state index in [9.17, 15) is 8.42 Å². The highest BCUT2D eigenvalue weighted by molar-refractivity contribution is 7.89. The van der Waals surface area contributed by atoms with Gasteiger partial charge in [-0.3, -0.25) is 5.10 Å². The van der Waals surface area contributed by atoms with Gasteiger partial charge in [0.15, 0.2) is 0 Å². The van der Waals surface area contributed by atoms with E-state index in [1.807, 2.05) is 0 Å². The molecule has 8 heteroatoms. The van der Waals surface area contributed by atoms with Crippen molar-refractivity contribution in [3.8, 4) is 0 Å². The molecule has 0 aliphatic carbocycles. The molecule has 7 nitrogen and oxygen atoms in total. The molecule has 1 aromatic carbocycles. The predicted octanol–water partition coefficient (Wildman–Crippen LogP) is 0.915. The average molecular weight is 309 g/mol. The van der Waals surface area contributed by atoms with E-state index in [4.69, 9.17) is 5.73 Å². The number of hydrogen-bond donors (Lipinski definition) is 3. The standard InChI is InChI=1S/C13H19N5O2S/c1-9-5-6-11(14)10(2)13(9)21(19,20)17-7-3-4-12-15-8-16-18-12/h5-6,8,17H,3-4,7,14H2,1-2H3,(H,15,16,18). The number of aromatic nitrogens is 3. The summed E-state index contributed by atoms with van der Waals surface area (Å²) in [5.74, 6) is 0.741. The molecule has 1 heterocycles. The van der Waals surface area contributed by atoms with Crippen LogP contribution in [0.4, 0.5) is 5.69 Å². The van der Waals surface area contributed by atoms with E-state index in [1.54, 1.807) is 26.0 Å². The van der Waals surface area contributed by atoms with Crippen molar-refractivity contribution in [2.75, 3.05) is 12.3 Å². The van der Waals surface area contributed by atoms with Gasteiger partial charge in [-0.25, -0.2) is 18.1 Å². The van der Waals surface area contributed by atoms with E-state index in [1.165, 1.54) is 6.33 Å². The first-order valence-electron chi connectivity index (χ1n) is 6.61. The Morgan fingerprint density at radius 2 is 2.10 bits per heavy atom. The van der Waals surface area contributed by atoms with Crippen LogP contribution < -0.4 is 10.5 Å². The molecular formula is C13H19N5O2S. The molecule has 0 aliphatic heterocycles. The van der Waals surface area contributed by atoms with Gasteiger partial charge in [0.1, 0.15) is 12.2 Å². The Labute approximate surface area is 124 Å². The van der Waals surface area contributed by atoms with E-state index in [2.05, 4.69) is 19.9 Å². The normalized spacial score (nSPS) is 11.7. The fourth-order valence-corrected chi connectivity index (χ4v) is 3.71. The maximum absolute atomic E-state index is 12.4. The lowest BCUT2D eigenvalue weighted by Crippen LogP contribution is -2.27. The third-order valence-corrected chi connectivity index (χ3v) is 5.01. The minimum Gasteiger partial charge on any atom is -0.398 e. The molecule has 0 unspecified atom stereocenters. The van der Waals surface area contributed by atoms with Crippen molar-refractivity contribution < 1.29 is 8.42 Å². The number of aryl methyl sites for hydroxylation is 2. The van der Waals surface area contributed by atoms with Gasteiger partial charge in [0.2, 0.25) is 10.0 Å². The number of hydrogen-bond acceptors (Lipinski definition) is 5. The van der Waals surface area contributed by atoms with Crippen molar-refractivity contribution in [1.82, 2.24) is 19.9 Å². The van der Waals surface area contributed by atoms with Crippen LogP contribution in [0.25, 0.3) is 0 Å². The monoisotopic (exact) mass is 309 g/mol. The van der Waals surface area contributed by atoms with Crippen LogP contribution >= 0.6 is 0 Å². The summed E-state index contributed by atoms with van der Waals surface area (Å²) in [6.45, 7) is 3.80. The first kappa shape index (κ1) is 15.5. The lowest BCUT2D eigenvalue weighted by molar-refractivity contribution is 0.577. The van der Waals surface area contributed by atoms with E-state index in [0.29, 0.717) is 36.2 Å². The smallest absolute Gasteiger partial charge is 0.241 e. The first-order valence-corrected chi connectivity index (χ1v) is 8.09. The SMILES string of the molecule is Cc1ccc(N)c(C)c1S(=O)(=O)NCCCc1ncn[nH]1. The summed E-state index contributed by atoms with van der Waals surface area (Å²) in [6, 6.07) is 3.43. The number of nitrogens with two attached hydrogens (primary N) is 1. The highest BCUT2D eigenvalue weighted by Gasteiger charge is 2.20. The summed E-state index contributed by atoms with van der Waals surface area (Å²) in [5.41, 5.74) is 7.53. The van der Waals surface area contributed by atoms with Crippen LogP contribution in [0.15, 0.2) is 23.4 Å². The number of sulfonamides is 1. The summed E-state index contributed by atoms with van der Waals surface area (Å²) in [6.07, 6.45) is 2.70. The molecule has 2 aromatic rings. The molecule has 0 fully saturated rings. The molecule has 0 bridgehead atoms. The second-order valence-corrected chi connectivity index (χ2v) is 6.56. The van der Waals surface area contributed by atoms with Crippen molar-refractivity contribution >= 4 is 15.7 Å². The third-order valence-electron chi connectivity index (χ3n) is 3.26. The minimum atomic E-state index is -3.56. The Balaban J connectivity index is 2.04. The van der Waals surface area contributed by atoms with Gasteiger partial charge in [0.25, 0.3) is 0 Å². The first-order chi connectivity index (χ1) is 9.92. The van der Waals surface area contributed by atoms with Crippen LogP contribution in [0.5, 0.6) is 0 Å². The molecule has 0 aliphatic rings. The van der Waals surface area contributed by atoms with Crippen molar-refractivity contribution in [3.63, 3.8) is 0 Å². The van der Waals surface area contributed by atoms with Gasteiger partial charge < -0.3 is 5.73 Å².